The van der Waals surface area contributed by atoms with Gasteiger partial charge in [0.25, 0.3) is 0 Å². The van der Waals surface area contributed by atoms with Crippen LogP contribution in [-0.4, -0.2) is 17.9 Å². The van der Waals surface area contributed by atoms with Crippen molar-refractivity contribution in [1.29, 1.82) is 0 Å². The predicted octanol–water partition coefficient (Wildman–Crippen LogP) is 4.31. The van der Waals surface area contributed by atoms with Crippen molar-refractivity contribution in [2.24, 2.45) is 34.5 Å². The third-order valence-electron chi connectivity index (χ3n) is 8.10. The second kappa shape index (κ2) is 5.44. The first-order valence-electron chi connectivity index (χ1n) is 9.72. The quantitative estimate of drug-likeness (QED) is 0.673. The highest BCUT2D eigenvalue weighted by Crippen LogP contribution is 2.64. The van der Waals surface area contributed by atoms with E-state index in [1.54, 1.807) is 0 Å². The third kappa shape index (κ3) is 2.30. The fourth-order valence-electron chi connectivity index (χ4n) is 6.95. The van der Waals surface area contributed by atoms with Crippen molar-refractivity contribution in [3.8, 4) is 0 Å². The van der Waals surface area contributed by atoms with Crippen molar-refractivity contribution in [3.05, 3.63) is 12.2 Å². The molecule has 0 bridgehead atoms. The summed E-state index contributed by atoms with van der Waals surface area (Å²) in [5.74, 6) is 2.86. The van der Waals surface area contributed by atoms with E-state index < -0.39 is 0 Å². The molecule has 3 nitrogen and oxygen atoms in total. The Bertz CT molecular complexity index is 594. The molecule has 0 aromatic rings. The van der Waals surface area contributed by atoms with Crippen molar-refractivity contribution in [1.82, 2.24) is 0 Å². The van der Waals surface area contributed by atoms with Crippen LogP contribution in [0.1, 0.15) is 65.7 Å². The van der Waals surface area contributed by atoms with E-state index in [1.807, 2.05) is 6.08 Å². The van der Waals surface area contributed by atoms with Gasteiger partial charge in [-0.3, -0.25) is 9.59 Å². The molecule has 4 aliphatic carbocycles. The maximum Gasteiger partial charge on any atom is 0.302 e. The lowest BCUT2D eigenvalue weighted by atomic mass is 9.48. The van der Waals surface area contributed by atoms with Crippen LogP contribution in [0, 0.1) is 34.5 Å². The average molecular weight is 330 g/mol. The maximum atomic E-state index is 11.9. The minimum absolute atomic E-state index is 0.109. The first kappa shape index (κ1) is 16.4. The molecule has 0 amide bonds. The minimum Gasteiger partial charge on any atom is -0.462 e. The Labute approximate surface area is 145 Å². The van der Waals surface area contributed by atoms with E-state index in [4.69, 9.17) is 4.74 Å². The van der Waals surface area contributed by atoms with Crippen LogP contribution in [0.5, 0.6) is 0 Å². The summed E-state index contributed by atoms with van der Waals surface area (Å²) in [7, 11) is 0. The average Bonchev–Trinajstić information content (AvgIpc) is 2.82. The van der Waals surface area contributed by atoms with Gasteiger partial charge in [0.15, 0.2) is 5.78 Å². The number of esters is 1. The Hall–Kier alpha value is -1.12. The molecule has 132 valence electrons. The van der Waals surface area contributed by atoms with E-state index in [0.717, 1.165) is 25.2 Å². The van der Waals surface area contributed by atoms with E-state index in [9.17, 15) is 9.59 Å². The summed E-state index contributed by atoms with van der Waals surface area (Å²) in [6.07, 6.45) is 11.9. The molecule has 24 heavy (non-hydrogen) atoms. The highest BCUT2D eigenvalue weighted by molar-refractivity contribution is 5.91. The molecule has 0 radical (unpaired) electrons. The molecule has 3 heteroatoms. The van der Waals surface area contributed by atoms with Crippen LogP contribution in [0.15, 0.2) is 12.2 Å². The molecule has 4 rings (SSSR count). The van der Waals surface area contributed by atoms with E-state index >= 15 is 0 Å². The van der Waals surface area contributed by atoms with Crippen LogP contribution < -0.4 is 0 Å². The first-order chi connectivity index (χ1) is 11.3. The molecule has 0 spiro atoms. The van der Waals surface area contributed by atoms with Crippen molar-refractivity contribution in [2.45, 2.75) is 71.8 Å². The number of allylic oxidation sites excluding steroid dienone is 2. The summed E-state index contributed by atoms with van der Waals surface area (Å²) >= 11 is 0. The van der Waals surface area contributed by atoms with Crippen LogP contribution in [-0.2, 0) is 14.3 Å². The molecule has 3 saturated carbocycles. The van der Waals surface area contributed by atoms with E-state index in [0.29, 0.717) is 23.5 Å². The molecular weight excluding hydrogens is 300 g/mol. The molecule has 0 aromatic heterocycles. The number of rotatable bonds is 1. The summed E-state index contributed by atoms with van der Waals surface area (Å²) in [5, 5.41) is 0. The third-order valence-corrected chi connectivity index (χ3v) is 8.10. The van der Waals surface area contributed by atoms with E-state index in [-0.39, 0.29) is 22.9 Å². The number of fused-ring (bicyclic) bond motifs is 5. The van der Waals surface area contributed by atoms with Crippen LogP contribution in [0.25, 0.3) is 0 Å². The second-order valence-corrected chi connectivity index (χ2v) is 9.37. The molecule has 7 atom stereocenters. The highest BCUT2D eigenvalue weighted by atomic mass is 16.5. The molecule has 0 unspecified atom stereocenters. The normalized spacial score (nSPS) is 50.0. The Morgan fingerprint density at radius 2 is 1.88 bits per heavy atom. The van der Waals surface area contributed by atoms with Gasteiger partial charge in [-0.25, -0.2) is 0 Å². The predicted molar refractivity (Wildman–Crippen MR) is 92.2 cm³/mol. The second-order valence-electron chi connectivity index (χ2n) is 9.37. The molecule has 0 aliphatic heterocycles. The smallest absolute Gasteiger partial charge is 0.302 e. The number of hydrogen-bond acceptors (Lipinski definition) is 3. The fourth-order valence-corrected chi connectivity index (χ4v) is 6.95. The van der Waals surface area contributed by atoms with Crippen molar-refractivity contribution in [3.63, 3.8) is 0 Å². The zero-order valence-electron chi connectivity index (χ0n) is 15.2. The molecule has 4 aliphatic rings. The SMILES string of the molecule is CC(=O)O[C@H]1CC[C@@H]2[C@@H]3CC[C@]4(C)CC(=O)C=C[C@@H]4[C@H]3CC[C@@]12C. The summed E-state index contributed by atoms with van der Waals surface area (Å²) in [4.78, 5) is 23.4. The number of ketones is 1. The zero-order chi connectivity index (χ0) is 17.1. The lowest BCUT2D eigenvalue weighted by molar-refractivity contribution is -0.157. The first-order valence-corrected chi connectivity index (χ1v) is 9.72. The maximum absolute atomic E-state index is 11.9. The summed E-state index contributed by atoms with van der Waals surface area (Å²) in [5.41, 5.74) is 0.337. The number of carbonyl (C=O) groups excluding carboxylic acids is 2. The standard InChI is InChI=1S/C21H30O3/c1-13(22)24-19-7-6-18-16-8-10-20(2)12-14(23)4-5-17(20)15(16)9-11-21(18,19)3/h4-5,15-19H,6-12H2,1-3H3/t15-,16+,17+,18+,19-,20+,21+/m0/s1. The molecule has 0 saturated heterocycles. The van der Waals surface area contributed by atoms with Crippen molar-refractivity contribution < 1.29 is 14.3 Å². The Kier molecular flexibility index (Phi) is 3.71. The van der Waals surface area contributed by atoms with E-state index in [2.05, 4.69) is 19.9 Å². The minimum atomic E-state index is -0.131. The van der Waals surface area contributed by atoms with Gasteiger partial charge in [-0.2, -0.15) is 0 Å². The van der Waals surface area contributed by atoms with Gasteiger partial charge < -0.3 is 4.74 Å². The molecule has 0 heterocycles. The van der Waals surface area contributed by atoms with Gasteiger partial charge >= 0.3 is 5.97 Å². The monoisotopic (exact) mass is 330 g/mol. The number of ether oxygens (including phenoxy) is 1. The van der Waals surface area contributed by atoms with E-state index in [1.165, 1.54) is 32.6 Å². The number of carbonyl (C=O) groups is 2. The number of hydrogen-bond donors (Lipinski definition) is 0. The topological polar surface area (TPSA) is 43.4 Å². The van der Waals surface area contributed by atoms with Gasteiger partial charge in [0.05, 0.1) is 0 Å². The lowest BCUT2D eigenvalue weighted by Gasteiger charge is -2.57. The fraction of sp³-hybridized carbons (Fsp3) is 0.810. The summed E-state index contributed by atoms with van der Waals surface area (Å²) in [6.45, 7) is 6.24. The molecule has 3 fully saturated rings. The molecule has 0 aromatic carbocycles. The largest absolute Gasteiger partial charge is 0.462 e. The molecular formula is C21H30O3. The van der Waals surface area contributed by atoms with Gasteiger partial charge in [-0.05, 0) is 73.7 Å². The van der Waals surface area contributed by atoms with Crippen LogP contribution in [0.3, 0.4) is 0 Å². The zero-order valence-corrected chi connectivity index (χ0v) is 15.2. The summed E-state index contributed by atoms with van der Waals surface area (Å²) in [6, 6.07) is 0. The van der Waals surface area contributed by atoms with Gasteiger partial charge in [0.2, 0.25) is 0 Å². The van der Waals surface area contributed by atoms with Gasteiger partial charge in [0, 0.05) is 18.8 Å². The van der Waals surface area contributed by atoms with Crippen LogP contribution in [0.2, 0.25) is 0 Å². The van der Waals surface area contributed by atoms with Crippen molar-refractivity contribution in [2.75, 3.05) is 0 Å². The summed E-state index contributed by atoms with van der Waals surface area (Å²) < 4.78 is 5.71. The highest BCUT2D eigenvalue weighted by Gasteiger charge is 2.59. The van der Waals surface area contributed by atoms with Gasteiger partial charge in [-0.1, -0.05) is 19.9 Å². The van der Waals surface area contributed by atoms with Gasteiger partial charge in [0.1, 0.15) is 6.10 Å². The Morgan fingerprint density at radius 1 is 1.12 bits per heavy atom. The van der Waals surface area contributed by atoms with Crippen molar-refractivity contribution >= 4 is 11.8 Å². The molecule has 0 N–H and O–H groups in total. The van der Waals surface area contributed by atoms with Crippen LogP contribution in [0.4, 0.5) is 0 Å². The van der Waals surface area contributed by atoms with Gasteiger partial charge in [-0.15, -0.1) is 0 Å². The lowest BCUT2D eigenvalue weighted by Crippen LogP contribution is -2.52. The van der Waals surface area contributed by atoms with Crippen LogP contribution >= 0.6 is 0 Å². The Balaban J connectivity index is 1.60. The Morgan fingerprint density at radius 3 is 2.62 bits per heavy atom.